The standard InChI is InChI=1S/C29H28N2O4S/c1-19(2)24-9-4-5-10-25(24)30-27(32)18-35-23-13-11-21(12-14-23)16-26-28(33)31(29(34)36-26)17-22-8-6-7-20(3)15-22/h4-16,19H,17-18H2,1-3H3,(H,30,32)/b26-16+. The third-order valence-electron chi connectivity index (χ3n) is 5.70. The number of nitrogens with one attached hydrogen (secondary N) is 1. The smallest absolute Gasteiger partial charge is 0.293 e. The average Bonchev–Trinajstić information content (AvgIpc) is 3.11. The molecule has 3 aromatic carbocycles. The van der Waals surface area contributed by atoms with E-state index in [0.29, 0.717) is 16.6 Å². The first-order chi connectivity index (χ1) is 17.3. The molecule has 0 radical (unpaired) electrons. The molecule has 6 nitrogen and oxygen atoms in total. The Morgan fingerprint density at radius 3 is 2.50 bits per heavy atom. The molecule has 184 valence electrons. The molecule has 7 heteroatoms. The van der Waals surface area contributed by atoms with Gasteiger partial charge in [0.1, 0.15) is 5.75 Å². The molecule has 0 saturated carbocycles. The van der Waals surface area contributed by atoms with Crippen LogP contribution in [0.25, 0.3) is 6.08 Å². The highest BCUT2D eigenvalue weighted by Gasteiger charge is 2.34. The zero-order valence-electron chi connectivity index (χ0n) is 20.5. The first-order valence-corrected chi connectivity index (χ1v) is 12.5. The Bertz CT molecular complexity index is 1310. The lowest BCUT2D eigenvalue weighted by molar-refractivity contribution is -0.123. The van der Waals surface area contributed by atoms with E-state index in [0.717, 1.165) is 39.7 Å². The number of benzene rings is 3. The van der Waals surface area contributed by atoms with E-state index in [1.54, 1.807) is 30.3 Å². The zero-order valence-corrected chi connectivity index (χ0v) is 21.3. The number of ether oxygens (including phenoxy) is 1. The molecule has 1 fully saturated rings. The Balaban J connectivity index is 1.34. The maximum absolute atomic E-state index is 12.8. The summed E-state index contributed by atoms with van der Waals surface area (Å²) >= 11 is 0.937. The molecule has 3 aromatic rings. The van der Waals surface area contributed by atoms with Gasteiger partial charge in [-0.15, -0.1) is 0 Å². The molecule has 1 N–H and O–H groups in total. The summed E-state index contributed by atoms with van der Waals surface area (Å²) in [4.78, 5) is 39.3. The van der Waals surface area contributed by atoms with Crippen molar-refractivity contribution in [1.82, 2.24) is 4.90 Å². The van der Waals surface area contributed by atoms with Crippen molar-refractivity contribution in [3.05, 3.63) is 100.0 Å². The van der Waals surface area contributed by atoms with Crippen molar-refractivity contribution in [3.8, 4) is 5.75 Å². The van der Waals surface area contributed by atoms with Crippen LogP contribution in [0.15, 0.2) is 77.7 Å². The molecule has 1 heterocycles. The summed E-state index contributed by atoms with van der Waals surface area (Å²) in [7, 11) is 0. The van der Waals surface area contributed by atoms with Crippen molar-refractivity contribution < 1.29 is 19.1 Å². The van der Waals surface area contributed by atoms with E-state index in [4.69, 9.17) is 4.74 Å². The van der Waals surface area contributed by atoms with E-state index >= 15 is 0 Å². The van der Waals surface area contributed by atoms with Gasteiger partial charge in [0.2, 0.25) is 0 Å². The number of nitrogens with zero attached hydrogens (tertiary/aromatic N) is 1. The Morgan fingerprint density at radius 1 is 1.03 bits per heavy atom. The van der Waals surface area contributed by atoms with Gasteiger partial charge in [-0.2, -0.15) is 0 Å². The van der Waals surface area contributed by atoms with Crippen LogP contribution < -0.4 is 10.1 Å². The topological polar surface area (TPSA) is 75.7 Å². The van der Waals surface area contributed by atoms with E-state index in [2.05, 4.69) is 19.2 Å². The average molecular weight is 501 g/mol. The molecular formula is C29H28N2O4S. The lowest BCUT2D eigenvalue weighted by atomic mass is 10.0. The Kier molecular flexibility index (Phi) is 7.90. The molecule has 0 aliphatic carbocycles. The minimum atomic E-state index is -0.301. The highest BCUT2D eigenvalue weighted by molar-refractivity contribution is 8.18. The van der Waals surface area contributed by atoms with Gasteiger partial charge in [0.25, 0.3) is 17.1 Å². The quantitative estimate of drug-likeness (QED) is 0.364. The van der Waals surface area contributed by atoms with Gasteiger partial charge in [-0.25, -0.2) is 0 Å². The maximum Gasteiger partial charge on any atom is 0.293 e. The molecule has 36 heavy (non-hydrogen) atoms. The van der Waals surface area contributed by atoms with Crippen molar-refractivity contribution >= 4 is 40.6 Å². The van der Waals surface area contributed by atoms with E-state index in [-0.39, 0.29) is 30.2 Å². The number of aryl methyl sites for hydroxylation is 1. The summed E-state index contributed by atoms with van der Waals surface area (Å²) in [5.41, 5.74) is 4.61. The van der Waals surface area contributed by atoms with E-state index in [1.165, 1.54) is 4.90 Å². The van der Waals surface area contributed by atoms with Crippen LogP contribution in [0.5, 0.6) is 5.75 Å². The van der Waals surface area contributed by atoms with Crippen LogP contribution in [-0.2, 0) is 16.1 Å². The largest absolute Gasteiger partial charge is 0.484 e. The fourth-order valence-electron chi connectivity index (χ4n) is 3.89. The molecule has 0 atom stereocenters. The van der Waals surface area contributed by atoms with Crippen LogP contribution in [0.4, 0.5) is 10.5 Å². The van der Waals surface area contributed by atoms with Gasteiger partial charge in [0, 0.05) is 5.69 Å². The summed E-state index contributed by atoms with van der Waals surface area (Å²) < 4.78 is 5.63. The van der Waals surface area contributed by atoms with Crippen molar-refractivity contribution in [1.29, 1.82) is 0 Å². The number of carbonyl (C=O) groups excluding carboxylic acids is 3. The molecule has 1 aliphatic rings. The van der Waals surface area contributed by atoms with Gasteiger partial charge < -0.3 is 10.1 Å². The predicted molar refractivity (Wildman–Crippen MR) is 144 cm³/mol. The molecule has 1 saturated heterocycles. The summed E-state index contributed by atoms with van der Waals surface area (Å²) in [6.45, 7) is 6.26. The zero-order chi connectivity index (χ0) is 25.7. The highest BCUT2D eigenvalue weighted by Crippen LogP contribution is 2.33. The lowest BCUT2D eigenvalue weighted by Gasteiger charge is -2.14. The molecule has 0 spiro atoms. The van der Waals surface area contributed by atoms with Crippen molar-refractivity contribution in [2.45, 2.75) is 33.2 Å². The lowest BCUT2D eigenvalue weighted by Crippen LogP contribution is -2.27. The van der Waals surface area contributed by atoms with E-state index in [1.807, 2.05) is 55.5 Å². The fourth-order valence-corrected chi connectivity index (χ4v) is 4.73. The number of rotatable bonds is 8. The monoisotopic (exact) mass is 500 g/mol. The summed E-state index contributed by atoms with van der Waals surface area (Å²) in [6, 6.07) is 22.5. The van der Waals surface area contributed by atoms with Crippen molar-refractivity contribution in [3.63, 3.8) is 0 Å². The number of thioether (sulfide) groups is 1. The first kappa shape index (κ1) is 25.3. The van der Waals surface area contributed by atoms with Crippen molar-refractivity contribution in [2.75, 3.05) is 11.9 Å². The van der Waals surface area contributed by atoms with Crippen LogP contribution >= 0.6 is 11.8 Å². The van der Waals surface area contributed by atoms with Gasteiger partial charge in [0.15, 0.2) is 6.61 Å². The number of hydrogen-bond donors (Lipinski definition) is 1. The summed E-state index contributed by atoms with van der Waals surface area (Å²) in [5.74, 6) is 0.283. The molecule has 0 bridgehead atoms. The number of amides is 3. The third kappa shape index (κ3) is 6.23. The highest BCUT2D eigenvalue weighted by atomic mass is 32.2. The predicted octanol–water partition coefficient (Wildman–Crippen LogP) is 6.37. The van der Waals surface area contributed by atoms with Crippen molar-refractivity contribution in [2.24, 2.45) is 0 Å². The second kappa shape index (κ2) is 11.3. The third-order valence-corrected chi connectivity index (χ3v) is 6.61. The molecule has 0 unspecified atom stereocenters. The molecular weight excluding hydrogens is 472 g/mol. The normalized spacial score (nSPS) is 14.6. The minimum absolute atomic E-state index is 0.121. The Morgan fingerprint density at radius 2 is 1.78 bits per heavy atom. The summed E-state index contributed by atoms with van der Waals surface area (Å²) in [5, 5.41) is 2.63. The van der Waals surface area contributed by atoms with Gasteiger partial charge in [-0.05, 0) is 65.6 Å². The van der Waals surface area contributed by atoms with Crippen LogP contribution in [0, 0.1) is 6.92 Å². The molecule has 1 aliphatic heterocycles. The van der Waals surface area contributed by atoms with Gasteiger partial charge in [-0.3, -0.25) is 19.3 Å². The first-order valence-electron chi connectivity index (χ1n) is 11.7. The maximum atomic E-state index is 12.8. The van der Waals surface area contributed by atoms with Gasteiger partial charge in [-0.1, -0.05) is 74.0 Å². The molecule has 0 aromatic heterocycles. The summed E-state index contributed by atoms with van der Waals surface area (Å²) in [6.07, 6.45) is 1.69. The Labute approximate surface area is 215 Å². The van der Waals surface area contributed by atoms with E-state index < -0.39 is 0 Å². The SMILES string of the molecule is Cc1cccc(CN2C(=O)S/C(=C/c3ccc(OCC(=O)Nc4ccccc4C(C)C)cc3)C2=O)c1. The second-order valence-corrected chi connectivity index (χ2v) is 9.90. The number of anilines is 1. The number of para-hydroxylation sites is 1. The molecule has 4 rings (SSSR count). The minimum Gasteiger partial charge on any atom is -0.484 e. The van der Waals surface area contributed by atoms with Gasteiger partial charge >= 0.3 is 0 Å². The van der Waals surface area contributed by atoms with Crippen LogP contribution in [0.1, 0.15) is 42.0 Å². The van der Waals surface area contributed by atoms with E-state index in [9.17, 15) is 14.4 Å². The number of carbonyl (C=O) groups is 3. The molecule has 3 amide bonds. The van der Waals surface area contributed by atoms with Crippen LogP contribution in [0.3, 0.4) is 0 Å². The second-order valence-electron chi connectivity index (χ2n) is 8.90. The number of imide groups is 1. The van der Waals surface area contributed by atoms with Crippen LogP contribution in [0.2, 0.25) is 0 Å². The van der Waals surface area contributed by atoms with Crippen LogP contribution in [-0.4, -0.2) is 28.6 Å². The fraction of sp³-hybridized carbons (Fsp3) is 0.207. The Hall–Kier alpha value is -3.84. The number of hydrogen-bond acceptors (Lipinski definition) is 5. The van der Waals surface area contributed by atoms with Gasteiger partial charge in [0.05, 0.1) is 11.4 Å².